The second kappa shape index (κ2) is 10.9. The van der Waals surface area contributed by atoms with Gasteiger partial charge in [-0.2, -0.15) is 0 Å². The van der Waals surface area contributed by atoms with Gasteiger partial charge in [-0.25, -0.2) is 0 Å². The third kappa shape index (κ3) is 5.71. The third-order valence-electron chi connectivity index (χ3n) is 5.58. The van der Waals surface area contributed by atoms with Gasteiger partial charge in [-0.3, -0.25) is 4.79 Å². The molecule has 0 aromatic heterocycles. The van der Waals surface area contributed by atoms with Crippen molar-refractivity contribution in [2.45, 2.75) is 72.0 Å². The number of carbonyl (C=O) groups excluding carboxylic acids is 1. The van der Waals surface area contributed by atoms with E-state index in [9.17, 15) is 9.90 Å². The number of nitrogens with zero attached hydrogens (tertiary/aromatic N) is 1. The number of amides is 1. The molecular formula is C21H37NO4. The van der Waals surface area contributed by atoms with Gasteiger partial charge in [0.05, 0.1) is 0 Å². The fourth-order valence-corrected chi connectivity index (χ4v) is 4.12. The van der Waals surface area contributed by atoms with E-state index < -0.39 is 6.29 Å². The summed E-state index contributed by atoms with van der Waals surface area (Å²) < 4.78 is 11.9. The minimum Gasteiger partial charge on any atom is -0.459 e. The molecule has 3 atom stereocenters. The Hall–Kier alpha value is -1.07. The Bertz CT molecular complexity index is 455. The van der Waals surface area contributed by atoms with Gasteiger partial charge in [-0.15, -0.1) is 0 Å². The molecule has 2 heterocycles. The maximum atomic E-state index is 13.1. The van der Waals surface area contributed by atoms with Crippen LogP contribution in [-0.4, -0.2) is 48.5 Å². The zero-order valence-corrected chi connectivity index (χ0v) is 16.8. The van der Waals surface area contributed by atoms with Crippen LogP contribution in [0.25, 0.3) is 0 Å². The Morgan fingerprint density at radius 2 is 1.92 bits per heavy atom. The number of hydrogen-bond donors (Lipinski definition) is 1. The van der Waals surface area contributed by atoms with Crippen LogP contribution in [0.3, 0.4) is 0 Å². The van der Waals surface area contributed by atoms with Crippen LogP contribution < -0.4 is 0 Å². The van der Waals surface area contributed by atoms with Crippen LogP contribution in [0.2, 0.25) is 0 Å². The van der Waals surface area contributed by atoms with Crippen molar-refractivity contribution in [2.75, 3.05) is 26.3 Å². The molecule has 0 spiro atoms. The van der Waals surface area contributed by atoms with E-state index in [0.29, 0.717) is 18.3 Å². The van der Waals surface area contributed by atoms with E-state index in [-0.39, 0.29) is 24.3 Å². The van der Waals surface area contributed by atoms with Crippen molar-refractivity contribution in [1.29, 1.82) is 0 Å². The smallest absolute Gasteiger partial charge is 0.288 e. The Labute approximate surface area is 158 Å². The number of rotatable bonds is 7. The lowest BCUT2D eigenvalue weighted by Crippen LogP contribution is -2.43. The minimum absolute atomic E-state index is 0.0165. The summed E-state index contributed by atoms with van der Waals surface area (Å²) in [6.07, 6.45) is 9.00. The number of hydrogen-bond acceptors (Lipinski definition) is 4. The van der Waals surface area contributed by atoms with Crippen molar-refractivity contribution < 1.29 is 19.4 Å². The first kappa shape index (κ1) is 21.2. The van der Waals surface area contributed by atoms with Crippen molar-refractivity contribution >= 4 is 5.91 Å². The molecular weight excluding hydrogens is 330 g/mol. The van der Waals surface area contributed by atoms with Gasteiger partial charge in [0.25, 0.3) is 5.91 Å². The topological polar surface area (TPSA) is 59.0 Å². The summed E-state index contributed by atoms with van der Waals surface area (Å²) in [6.45, 7) is 8.67. The fourth-order valence-electron chi connectivity index (χ4n) is 4.12. The monoisotopic (exact) mass is 367 g/mol. The van der Waals surface area contributed by atoms with Gasteiger partial charge in [0.2, 0.25) is 6.29 Å². The summed E-state index contributed by atoms with van der Waals surface area (Å²) in [6, 6.07) is 0. The number of aliphatic hydroxyl groups excluding tert-OH is 1. The van der Waals surface area contributed by atoms with Crippen LogP contribution in [0.1, 0.15) is 65.7 Å². The van der Waals surface area contributed by atoms with Crippen molar-refractivity contribution in [3.05, 3.63) is 11.8 Å². The van der Waals surface area contributed by atoms with Crippen LogP contribution in [0.5, 0.6) is 0 Å². The zero-order chi connectivity index (χ0) is 18.9. The van der Waals surface area contributed by atoms with E-state index in [1.807, 2.05) is 17.9 Å². The summed E-state index contributed by atoms with van der Waals surface area (Å²) >= 11 is 0. The summed E-state index contributed by atoms with van der Waals surface area (Å²) in [5, 5.41) is 9.24. The van der Waals surface area contributed by atoms with Gasteiger partial charge in [0.15, 0.2) is 5.76 Å². The molecule has 5 heteroatoms. The molecule has 2 aliphatic rings. The quantitative estimate of drug-likeness (QED) is 0.745. The lowest BCUT2D eigenvalue weighted by Gasteiger charge is -2.39. The van der Waals surface area contributed by atoms with E-state index in [2.05, 4.69) is 13.8 Å². The fraction of sp³-hybridized carbons (Fsp3) is 0.857. The average molecular weight is 368 g/mol. The van der Waals surface area contributed by atoms with Crippen molar-refractivity contribution in [1.82, 2.24) is 4.90 Å². The Morgan fingerprint density at radius 3 is 2.50 bits per heavy atom. The predicted molar refractivity (Wildman–Crippen MR) is 102 cm³/mol. The van der Waals surface area contributed by atoms with Crippen LogP contribution in [-0.2, 0) is 14.3 Å². The molecule has 0 bridgehead atoms. The molecule has 0 aliphatic carbocycles. The SMILES string of the molecule is CCO[C@@H]1OC(C(=O)N2CCCCCCC2)=C[C@H](C(C)C)[C@H]1CCCO. The van der Waals surface area contributed by atoms with E-state index in [4.69, 9.17) is 9.47 Å². The highest BCUT2D eigenvalue weighted by molar-refractivity contribution is 5.91. The molecule has 0 aromatic carbocycles. The normalized spacial score (nSPS) is 27.5. The van der Waals surface area contributed by atoms with Gasteiger partial charge in [-0.05, 0) is 50.5 Å². The molecule has 150 valence electrons. The molecule has 1 N–H and O–H groups in total. The predicted octanol–water partition coefficient (Wildman–Crippen LogP) is 3.72. The number of aliphatic hydroxyl groups is 1. The maximum absolute atomic E-state index is 13.1. The van der Waals surface area contributed by atoms with Gasteiger partial charge in [-0.1, -0.05) is 33.1 Å². The highest BCUT2D eigenvalue weighted by atomic mass is 16.7. The van der Waals surface area contributed by atoms with Gasteiger partial charge in [0, 0.05) is 32.2 Å². The van der Waals surface area contributed by atoms with Crippen molar-refractivity contribution in [3.8, 4) is 0 Å². The number of carbonyl (C=O) groups is 1. The summed E-state index contributed by atoms with van der Waals surface area (Å²) in [5.41, 5.74) is 0. The number of likely N-dealkylation sites (tertiary alicyclic amines) is 1. The molecule has 0 saturated carbocycles. The zero-order valence-electron chi connectivity index (χ0n) is 16.8. The Morgan fingerprint density at radius 1 is 1.27 bits per heavy atom. The molecule has 1 fully saturated rings. The molecule has 0 unspecified atom stereocenters. The first-order valence-electron chi connectivity index (χ1n) is 10.5. The number of ether oxygens (including phenoxy) is 2. The second-order valence-corrected chi connectivity index (χ2v) is 7.88. The lowest BCUT2D eigenvalue weighted by atomic mass is 9.78. The first-order valence-corrected chi connectivity index (χ1v) is 10.5. The van der Waals surface area contributed by atoms with Crippen LogP contribution in [0.4, 0.5) is 0 Å². The summed E-state index contributed by atoms with van der Waals surface area (Å²) in [4.78, 5) is 15.1. The Balaban J connectivity index is 2.18. The van der Waals surface area contributed by atoms with E-state index >= 15 is 0 Å². The molecule has 5 nitrogen and oxygen atoms in total. The molecule has 0 aromatic rings. The average Bonchev–Trinajstić information content (AvgIpc) is 2.59. The van der Waals surface area contributed by atoms with Crippen molar-refractivity contribution in [2.24, 2.45) is 17.8 Å². The maximum Gasteiger partial charge on any atom is 0.288 e. The molecule has 1 amide bonds. The van der Waals surface area contributed by atoms with Crippen LogP contribution >= 0.6 is 0 Å². The van der Waals surface area contributed by atoms with E-state index in [1.165, 1.54) is 19.3 Å². The highest BCUT2D eigenvalue weighted by Gasteiger charge is 2.39. The largest absolute Gasteiger partial charge is 0.459 e. The van der Waals surface area contributed by atoms with Crippen molar-refractivity contribution in [3.63, 3.8) is 0 Å². The van der Waals surface area contributed by atoms with Gasteiger partial charge >= 0.3 is 0 Å². The van der Waals surface area contributed by atoms with E-state index in [0.717, 1.165) is 38.8 Å². The number of allylic oxidation sites excluding steroid dienone is 1. The molecule has 2 rings (SSSR count). The molecule has 2 aliphatic heterocycles. The Kier molecular flexibility index (Phi) is 8.93. The highest BCUT2D eigenvalue weighted by Crippen LogP contribution is 2.37. The third-order valence-corrected chi connectivity index (χ3v) is 5.58. The second-order valence-electron chi connectivity index (χ2n) is 7.88. The van der Waals surface area contributed by atoms with Gasteiger partial charge in [0.1, 0.15) is 0 Å². The minimum atomic E-state index is -0.405. The van der Waals surface area contributed by atoms with E-state index in [1.54, 1.807) is 0 Å². The first-order chi connectivity index (χ1) is 12.6. The lowest BCUT2D eigenvalue weighted by molar-refractivity contribution is -0.178. The molecule has 26 heavy (non-hydrogen) atoms. The van der Waals surface area contributed by atoms with Crippen LogP contribution in [0, 0.1) is 17.8 Å². The van der Waals surface area contributed by atoms with Gasteiger partial charge < -0.3 is 19.5 Å². The molecule has 1 saturated heterocycles. The summed E-state index contributed by atoms with van der Waals surface area (Å²) in [5.74, 6) is 1.26. The van der Waals surface area contributed by atoms with Crippen LogP contribution in [0.15, 0.2) is 11.8 Å². The standard InChI is InChI=1S/C21H37NO4/c1-4-25-21-17(11-10-14-23)18(16(2)3)15-19(26-21)20(24)22-12-8-6-5-7-9-13-22/h15-18,21,23H,4-14H2,1-3H3/t17-,18-,21-/m1/s1. The summed E-state index contributed by atoms with van der Waals surface area (Å²) in [7, 11) is 0. The molecule has 0 radical (unpaired) electrons.